The first-order valence-electron chi connectivity index (χ1n) is 9.67. The number of carbonyl (C=O) groups excluding carboxylic acids is 2. The quantitative estimate of drug-likeness (QED) is 0.262. The zero-order valence-electron chi connectivity index (χ0n) is 17.6. The number of esters is 1. The van der Waals surface area contributed by atoms with Gasteiger partial charge in [-0.2, -0.15) is 13.2 Å². The van der Waals surface area contributed by atoms with E-state index in [2.05, 4.69) is 4.74 Å². The number of carbonyl (C=O) groups is 2. The van der Waals surface area contributed by atoms with Gasteiger partial charge in [-0.05, 0) is 54.1 Å². The summed E-state index contributed by atoms with van der Waals surface area (Å²) >= 11 is 0. The smallest absolute Gasteiger partial charge is 0.420 e. The molecule has 3 aromatic carbocycles. The third kappa shape index (κ3) is 5.88. The molecule has 0 fully saturated rings. The average molecular weight is 474 g/mol. The van der Waals surface area contributed by atoms with Crippen molar-refractivity contribution in [3.8, 4) is 5.75 Å². The number of rotatable bonds is 6. The topological polar surface area (TPSA) is 99.0 Å². The van der Waals surface area contributed by atoms with Gasteiger partial charge in [0.05, 0.1) is 29.7 Å². The Morgan fingerprint density at radius 2 is 1.53 bits per heavy atom. The molecule has 0 bridgehead atoms. The lowest BCUT2D eigenvalue weighted by molar-refractivity contribution is -0.384. The number of nitrogens with zero attached hydrogens (tertiary/aromatic N) is 2. The second kappa shape index (κ2) is 10.0. The fourth-order valence-electron chi connectivity index (χ4n) is 2.93. The van der Waals surface area contributed by atoms with Crippen molar-refractivity contribution in [3.05, 3.63) is 99.6 Å². The lowest BCUT2D eigenvalue weighted by Gasteiger charge is -2.23. The molecule has 3 rings (SSSR count). The first-order chi connectivity index (χ1) is 16.1. The van der Waals surface area contributed by atoms with Crippen molar-refractivity contribution in [2.24, 2.45) is 0 Å². The van der Waals surface area contributed by atoms with Gasteiger partial charge in [0, 0.05) is 17.8 Å². The molecule has 0 atom stereocenters. The van der Waals surface area contributed by atoms with Crippen molar-refractivity contribution >= 4 is 23.4 Å². The van der Waals surface area contributed by atoms with Crippen LogP contribution in [0.15, 0.2) is 72.8 Å². The second-order valence-corrected chi connectivity index (χ2v) is 6.94. The first kappa shape index (κ1) is 24.2. The number of amides is 1. The van der Waals surface area contributed by atoms with Crippen LogP contribution < -0.4 is 9.64 Å². The van der Waals surface area contributed by atoms with Crippen LogP contribution in [0.25, 0.3) is 0 Å². The highest BCUT2D eigenvalue weighted by atomic mass is 19.4. The summed E-state index contributed by atoms with van der Waals surface area (Å²) in [7, 11) is 1.23. The summed E-state index contributed by atoms with van der Waals surface area (Å²) in [5.74, 6) is -0.544. The van der Waals surface area contributed by atoms with Crippen LogP contribution in [-0.4, -0.2) is 24.1 Å². The number of benzene rings is 3. The van der Waals surface area contributed by atoms with Crippen LogP contribution in [0.1, 0.15) is 21.5 Å². The van der Waals surface area contributed by atoms with Gasteiger partial charge in [0.25, 0.3) is 5.69 Å². The molecule has 0 aliphatic rings. The van der Waals surface area contributed by atoms with E-state index in [1.54, 1.807) is 12.1 Å². The molecule has 0 N–H and O–H groups in total. The van der Waals surface area contributed by atoms with E-state index in [0.717, 1.165) is 41.3 Å². The van der Waals surface area contributed by atoms with E-state index < -0.39 is 28.7 Å². The molecule has 8 nitrogen and oxygen atoms in total. The number of alkyl halides is 3. The number of non-ortho nitro benzene ring substituents is 1. The Morgan fingerprint density at radius 3 is 2.03 bits per heavy atom. The predicted molar refractivity (Wildman–Crippen MR) is 115 cm³/mol. The minimum absolute atomic E-state index is 0.00792. The minimum Gasteiger partial charge on any atom is -0.465 e. The van der Waals surface area contributed by atoms with Crippen LogP contribution in [0.5, 0.6) is 5.75 Å². The Morgan fingerprint density at radius 1 is 0.941 bits per heavy atom. The van der Waals surface area contributed by atoms with Gasteiger partial charge in [0.15, 0.2) is 0 Å². The van der Waals surface area contributed by atoms with Gasteiger partial charge < -0.3 is 9.47 Å². The maximum absolute atomic E-state index is 12.9. The van der Waals surface area contributed by atoms with Gasteiger partial charge in [-0.3, -0.25) is 15.0 Å². The number of nitro benzene ring substituents is 1. The zero-order chi connectivity index (χ0) is 24.9. The number of halogens is 3. The molecule has 11 heteroatoms. The van der Waals surface area contributed by atoms with Crippen molar-refractivity contribution in [2.45, 2.75) is 12.7 Å². The molecule has 0 saturated carbocycles. The molecule has 0 saturated heterocycles. The van der Waals surface area contributed by atoms with Crippen LogP contribution in [0.2, 0.25) is 0 Å². The van der Waals surface area contributed by atoms with Crippen molar-refractivity contribution in [3.63, 3.8) is 0 Å². The Kier molecular flexibility index (Phi) is 7.15. The number of anilines is 1. The normalized spacial score (nSPS) is 10.9. The third-order valence-corrected chi connectivity index (χ3v) is 4.70. The first-order valence-corrected chi connectivity index (χ1v) is 9.67. The van der Waals surface area contributed by atoms with E-state index in [4.69, 9.17) is 4.74 Å². The summed E-state index contributed by atoms with van der Waals surface area (Å²) in [5, 5.41) is 10.8. The fraction of sp³-hybridized carbons (Fsp3) is 0.130. The lowest BCUT2D eigenvalue weighted by atomic mass is 10.1. The highest BCUT2D eigenvalue weighted by Gasteiger charge is 2.30. The number of hydrogen-bond acceptors (Lipinski definition) is 6. The fourth-order valence-corrected chi connectivity index (χ4v) is 2.93. The molecule has 1 amide bonds. The molecule has 0 aliphatic heterocycles. The Hall–Kier alpha value is -4.41. The van der Waals surface area contributed by atoms with E-state index in [1.165, 1.54) is 31.4 Å². The van der Waals surface area contributed by atoms with E-state index in [9.17, 15) is 32.9 Å². The van der Waals surface area contributed by atoms with E-state index >= 15 is 0 Å². The number of ether oxygens (including phenoxy) is 2. The summed E-state index contributed by atoms with van der Waals surface area (Å²) < 4.78 is 48.8. The standard InChI is InChI=1S/C23H17F3N2O6/c1-33-21(29)16-4-2-15(3-5-16)14-27(18-8-6-17(7-9-18)23(24,25)26)22(30)34-20-12-10-19(11-13-20)28(31)32/h2-13H,14H2,1H3. The lowest BCUT2D eigenvalue weighted by Crippen LogP contribution is -2.33. The van der Waals surface area contributed by atoms with Crippen LogP contribution >= 0.6 is 0 Å². The van der Waals surface area contributed by atoms with Gasteiger partial charge in [-0.25, -0.2) is 9.59 Å². The molecule has 176 valence electrons. The van der Waals surface area contributed by atoms with Crippen molar-refractivity contribution in [1.82, 2.24) is 0 Å². The van der Waals surface area contributed by atoms with Gasteiger partial charge in [-0.15, -0.1) is 0 Å². The molecule has 0 unspecified atom stereocenters. The highest BCUT2D eigenvalue weighted by Crippen LogP contribution is 2.31. The molecule has 0 radical (unpaired) electrons. The Labute approximate surface area is 191 Å². The van der Waals surface area contributed by atoms with Crippen LogP contribution in [0.4, 0.5) is 29.3 Å². The van der Waals surface area contributed by atoms with Gasteiger partial charge in [0.1, 0.15) is 5.75 Å². The number of nitro groups is 1. The Balaban J connectivity index is 1.88. The van der Waals surface area contributed by atoms with E-state index in [1.807, 2.05) is 0 Å². The average Bonchev–Trinajstić information content (AvgIpc) is 2.82. The number of hydrogen-bond donors (Lipinski definition) is 0. The molecule has 0 heterocycles. The number of methoxy groups -OCH3 is 1. The highest BCUT2D eigenvalue weighted by molar-refractivity contribution is 5.90. The van der Waals surface area contributed by atoms with Crippen LogP contribution in [0, 0.1) is 10.1 Å². The molecular weight excluding hydrogens is 457 g/mol. The summed E-state index contributed by atoms with van der Waals surface area (Å²) in [6.45, 7) is -0.0986. The summed E-state index contributed by atoms with van der Waals surface area (Å²) in [6, 6.07) is 14.8. The van der Waals surface area contributed by atoms with Crippen LogP contribution in [0.3, 0.4) is 0 Å². The maximum Gasteiger partial charge on any atom is 0.420 e. The molecule has 3 aromatic rings. The molecule has 34 heavy (non-hydrogen) atoms. The Bertz CT molecular complexity index is 1180. The molecule has 0 aromatic heterocycles. The third-order valence-electron chi connectivity index (χ3n) is 4.70. The second-order valence-electron chi connectivity index (χ2n) is 6.94. The van der Waals surface area contributed by atoms with E-state index in [0.29, 0.717) is 5.56 Å². The zero-order valence-corrected chi connectivity index (χ0v) is 17.6. The summed E-state index contributed by atoms with van der Waals surface area (Å²) in [4.78, 5) is 35.8. The summed E-state index contributed by atoms with van der Waals surface area (Å²) in [6.07, 6.45) is -5.47. The van der Waals surface area contributed by atoms with E-state index in [-0.39, 0.29) is 29.2 Å². The van der Waals surface area contributed by atoms with Crippen molar-refractivity contribution in [2.75, 3.05) is 12.0 Å². The molecule has 0 aliphatic carbocycles. The SMILES string of the molecule is COC(=O)c1ccc(CN(C(=O)Oc2ccc([N+](=O)[O-])cc2)c2ccc(C(F)(F)F)cc2)cc1. The van der Waals surface area contributed by atoms with Gasteiger partial charge >= 0.3 is 18.2 Å². The van der Waals surface area contributed by atoms with Gasteiger partial charge in [0.2, 0.25) is 0 Å². The summed E-state index contributed by atoms with van der Waals surface area (Å²) in [5.41, 5.74) is -0.140. The van der Waals surface area contributed by atoms with Crippen molar-refractivity contribution in [1.29, 1.82) is 0 Å². The maximum atomic E-state index is 12.9. The molecular formula is C23H17F3N2O6. The van der Waals surface area contributed by atoms with Gasteiger partial charge in [-0.1, -0.05) is 12.1 Å². The van der Waals surface area contributed by atoms with Crippen LogP contribution in [-0.2, 0) is 17.5 Å². The largest absolute Gasteiger partial charge is 0.465 e. The monoisotopic (exact) mass is 474 g/mol. The molecule has 0 spiro atoms. The van der Waals surface area contributed by atoms with Crippen molar-refractivity contribution < 1.29 is 37.2 Å². The minimum atomic E-state index is -4.55. The predicted octanol–water partition coefficient (Wildman–Crippen LogP) is 5.61.